The van der Waals surface area contributed by atoms with E-state index in [1.165, 1.54) is 0 Å². The number of carbonyl (C=O) groups excluding carboxylic acids is 1. The zero-order valence-electron chi connectivity index (χ0n) is 17.1. The summed E-state index contributed by atoms with van der Waals surface area (Å²) >= 11 is 0. The smallest absolute Gasteiger partial charge is 0.246 e. The van der Waals surface area contributed by atoms with Gasteiger partial charge in [-0.15, -0.1) is 0 Å². The van der Waals surface area contributed by atoms with E-state index >= 15 is 0 Å². The van der Waals surface area contributed by atoms with Gasteiger partial charge in [0.25, 0.3) is 0 Å². The molecule has 0 heterocycles. The number of hydrogen-bond acceptors (Lipinski definition) is 3. The summed E-state index contributed by atoms with van der Waals surface area (Å²) in [5, 5.41) is 6.59. The van der Waals surface area contributed by atoms with Crippen LogP contribution in [0.1, 0.15) is 75.7 Å². The highest BCUT2D eigenvalue weighted by Crippen LogP contribution is 2.33. The van der Waals surface area contributed by atoms with Crippen molar-refractivity contribution in [1.29, 1.82) is 0 Å². The van der Waals surface area contributed by atoms with Crippen molar-refractivity contribution in [3.8, 4) is 0 Å². The molecule has 0 saturated carbocycles. The number of amides is 1. The number of carbonyl (C=O) groups is 1. The van der Waals surface area contributed by atoms with Crippen LogP contribution in [0.3, 0.4) is 0 Å². The summed E-state index contributed by atoms with van der Waals surface area (Å²) in [6.07, 6.45) is 1.03. The van der Waals surface area contributed by atoms with Crippen LogP contribution in [-0.2, 0) is 9.53 Å². The van der Waals surface area contributed by atoms with Gasteiger partial charge in [0.1, 0.15) is 6.61 Å². The molecular formula is C19H40N2O2. The highest BCUT2D eigenvalue weighted by Gasteiger charge is 2.30. The molecule has 0 radical (unpaired) electrons. The van der Waals surface area contributed by atoms with E-state index in [1.54, 1.807) is 0 Å². The van der Waals surface area contributed by atoms with Crippen molar-refractivity contribution in [2.45, 2.75) is 86.8 Å². The molecule has 0 aromatic heterocycles. The van der Waals surface area contributed by atoms with Gasteiger partial charge < -0.3 is 15.4 Å². The van der Waals surface area contributed by atoms with E-state index in [0.29, 0.717) is 6.54 Å². The Kier molecular flexibility index (Phi) is 7.76. The minimum absolute atomic E-state index is 0.0421. The lowest BCUT2D eigenvalue weighted by Crippen LogP contribution is -2.45. The Morgan fingerprint density at radius 1 is 0.826 bits per heavy atom. The van der Waals surface area contributed by atoms with Gasteiger partial charge in [-0.05, 0) is 58.8 Å². The first-order valence-corrected chi connectivity index (χ1v) is 8.67. The molecule has 138 valence electrons. The molecule has 0 unspecified atom stereocenters. The fraction of sp³-hybridized carbons (Fsp3) is 0.947. The molecule has 0 atom stereocenters. The molecular weight excluding hydrogens is 288 g/mol. The van der Waals surface area contributed by atoms with E-state index < -0.39 is 0 Å². The van der Waals surface area contributed by atoms with Crippen molar-refractivity contribution in [3.63, 3.8) is 0 Å². The van der Waals surface area contributed by atoms with Crippen LogP contribution in [-0.4, -0.2) is 36.7 Å². The molecule has 0 aliphatic heterocycles. The average Bonchev–Trinajstić information content (AvgIpc) is 2.29. The number of nitrogens with one attached hydrogen (secondary N) is 2. The Morgan fingerprint density at radius 3 is 1.74 bits per heavy atom. The molecule has 0 spiro atoms. The van der Waals surface area contributed by atoms with Gasteiger partial charge in [0.2, 0.25) is 5.91 Å². The SMILES string of the molecule is CC(C)(CNC(=O)COC(C)(C)C)CC(C)(C)CNC(C)(C)C. The van der Waals surface area contributed by atoms with Crippen LogP contribution in [0.25, 0.3) is 0 Å². The van der Waals surface area contributed by atoms with Crippen molar-refractivity contribution in [3.05, 3.63) is 0 Å². The maximum Gasteiger partial charge on any atom is 0.246 e. The van der Waals surface area contributed by atoms with Crippen molar-refractivity contribution in [2.24, 2.45) is 10.8 Å². The Bertz CT molecular complexity index is 374. The molecule has 4 heteroatoms. The molecule has 0 saturated heterocycles. The molecule has 0 rings (SSSR count). The zero-order valence-corrected chi connectivity index (χ0v) is 17.1. The first kappa shape index (κ1) is 22.4. The van der Waals surface area contributed by atoms with E-state index in [9.17, 15) is 4.79 Å². The predicted octanol–water partition coefficient (Wildman–Crippen LogP) is 3.75. The predicted molar refractivity (Wildman–Crippen MR) is 98.6 cm³/mol. The molecule has 0 aliphatic carbocycles. The zero-order chi connectivity index (χ0) is 18.5. The Labute approximate surface area is 144 Å². The standard InChI is InChI=1S/C19H40N2O2/c1-16(2,3)21-14-19(9,10)12-18(7,8)13-20-15(22)11-23-17(4,5)6/h21H,11-14H2,1-10H3,(H,20,22). The van der Waals surface area contributed by atoms with Gasteiger partial charge in [0.15, 0.2) is 0 Å². The Morgan fingerprint density at radius 2 is 1.30 bits per heavy atom. The van der Waals surface area contributed by atoms with E-state index in [4.69, 9.17) is 4.74 Å². The number of rotatable bonds is 8. The molecule has 2 N–H and O–H groups in total. The molecule has 0 bridgehead atoms. The summed E-state index contributed by atoms with van der Waals surface area (Å²) < 4.78 is 5.51. The lowest BCUT2D eigenvalue weighted by atomic mass is 9.74. The lowest BCUT2D eigenvalue weighted by Gasteiger charge is -2.37. The van der Waals surface area contributed by atoms with Gasteiger partial charge >= 0.3 is 0 Å². The maximum atomic E-state index is 11.9. The molecule has 4 nitrogen and oxygen atoms in total. The van der Waals surface area contributed by atoms with Crippen molar-refractivity contribution >= 4 is 5.91 Å². The maximum absolute atomic E-state index is 11.9. The molecule has 23 heavy (non-hydrogen) atoms. The van der Waals surface area contributed by atoms with Gasteiger partial charge in [-0.3, -0.25) is 4.79 Å². The third-order valence-corrected chi connectivity index (χ3v) is 3.45. The minimum Gasteiger partial charge on any atom is -0.366 e. The summed E-state index contributed by atoms with van der Waals surface area (Å²) in [5.41, 5.74) is 0.0528. The van der Waals surface area contributed by atoms with Crippen LogP contribution < -0.4 is 10.6 Å². The van der Waals surface area contributed by atoms with E-state index in [0.717, 1.165) is 13.0 Å². The van der Waals surface area contributed by atoms with Crippen molar-refractivity contribution in [1.82, 2.24) is 10.6 Å². The van der Waals surface area contributed by atoms with Gasteiger partial charge in [-0.1, -0.05) is 27.7 Å². The summed E-state index contributed by atoms with van der Waals surface area (Å²) in [4.78, 5) is 11.9. The second-order valence-corrected chi connectivity index (χ2v) is 10.3. The highest BCUT2D eigenvalue weighted by atomic mass is 16.5. The molecule has 1 amide bonds. The number of ether oxygens (including phenoxy) is 1. The monoisotopic (exact) mass is 328 g/mol. The van der Waals surface area contributed by atoms with Gasteiger partial charge in [0, 0.05) is 18.6 Å². The summed E-state index contributed by atoms with van der Waals surface area (Å²) in [7, 11) is 0. The van der Waals surface area contributed by atoms with Crippen molar-refractivity contribution in [2.75, 3.05) is 19.7 Å². The Hall–Kier alpha value is -0.610. The third kappa shape index (κ3) is 13.5. The fourth-order valence-corrected chi connectivity index (χ4v) is 2.60. The molecule has 0 aromatic rings. The quantitative estimate of drug-likeness (QED) is 0.713. The van der Waals surface area contributed by atoms with Crippen LogP contribution in [0.15, 0.2) is 0 Å². The first-order valence-electron chi connectivity index (χ1n) is 8.67. The van der Waals surface area contributed by atoms with Gasteiger partial charge in [0.05, 0.1) is 5.60 Å². The second kappa shape index (κ2) is 7.98. The molecule has 0 aliphatic rings. The normalized spacial score (nSPS) is 14.0. The summed E-state index contributed by atoms with van der Waals surface area (Å²) in [6, 6.07) is 0. The summed E-state index contributed by atoms with van der Waals surface area (Å²) in [5.74, 6) is -0.0429. The van der Waals surface area contributed by atoms with Crippen LogP contribution in [0, 0.1) is 10.8 Å². The van der Waals surface area contributed by atoms with Crippen LogP contribution >= 0.6 is 0 Å². The van der Waals surface area contributed by atoms with Gasteiger partial charge in [-0.25, -0.2) is 0 Å². The van der Waals surface area contributed by atoms with Crippen molar-refractivity contribution < 1.29 is 9.53 Å². The topological polar surface area (TPSA) is 50.4 Å². The molecule has 0 fully saturated rings. The largest absolute Gasteiger partial charge is 0.366 e. The lowest BCUT2D eigenvalue weighted by molar-refractivity contribution is -0.131. The molecule has 0 aromatic carbocycles. The van der Waals surface area contributed by atoms with Crippen LogP contribution in [0.2, 0.25) is 0 Å². The third-order valence-electron chi connectivity index (χ3n) is 3.45. The van der Waals surface area contributed by atoms with E-state index in [1.807, 2.05) is 20.8 Å². The van der Waals surface area contributed by atoms with Gasteiger partial charge in [-0.2, -0.15) is 0 Å². The van der Waals surface area contributed by atoms with Crippen LogP contribution in [0.5, 0.6) is 0 Å². The first-order chi connectivity index (χ1) is 10.0. The minimum atomic E-state index is -0.284. The Balaban J connectivity index is 4.33. The average molecular weight is 329 g/mol. The number of hydrogen-bond donors (Lipinski definition) is 2. The fourth-order valence-electron chi connectivity index (χ4n) is 2.60. The highest BCUT2D eigenvalue weighted by molar-refractivity contribution is 5.77. The van der Waals surface area contributed by atoms with E-state index in [-0.39, 0.29) is 34.5 Å². The van der Waals surface area contributed by atoms with Crippen LogP contribution in [0.4, 0.5) is 0 Å². The van der Waals surface area contributed by atoms with E-state index in [2.05, 4.69) is 59.1 Å². The summed E-state index contributed by atoms with van der Waals surface area (Å²) in [6.45, 7) is 23.1. The second-order valence-electron chi connectivity index (χ2n) is 10.3.